The second-order valence-electron chi connectivity index (χ2n) is 9.20. The van der Waals surface area contributed by atoms with E-state index in [1.807, 2.05) is 0 Å². The number of anilines is 2. The van der Waals surface area contributed by atoms with Gasteiger partial charge in [-0.2, -0.15) is 18.3 Å². The Morgan fingerprint density at radius 1 is 1.12 bits per heavy atom. The topological polar surface area (TPSA) is 121 Å². The van der Waals surface area contributed by atoms with E-state index < -0.39 is 46.9 Å². The highest BCUT2D eigenvalue weighted by molar-refractivity contribution is 9.10. The number of ether oxygens (including phenoxy) is 2. The summed E-state index contributed by atoms with van der Waals surface area (Å²) < 4.78 is 54.7. The molecule has 15 heteroatoms. The fourth-order valence-electron chi connectivity index (χ4n) is 4.44. The SMILES string of the molecule is COc1ccc([C@H]2C[C@@H](C(F)(F)F)n3nc(C(=O)Nc4cc(Oc5ccc(Br)cc5)cc([N+](=O)[O-])c4)c(Cl)c3N2)cc1. The van der Waals surface area contributed by atoms with Crippen LogP contribution in [0.5, 0.6) is 17.2 Å². The van der Waals surface area contributed by atoms with E-state index in [1.165, 1.54) is 13.2 Å². The van der Waals surface area contributed by atoms with Gasteiger partial charge in [-0.1, -0.05) is 39.7 Å². The average molecular weight is 667 g/mol. The third kappa shape index (κ3) is 6.14. The molecule has 0 unspecified atom stereocenters. The number of halogens is 5. The van der Waals surface area contributed by atoms with Gasteiger partial charge in [-0.3, -0.25) is 14.9 Å². The summed E-state index contributed by atoms with van der Waals surface area (Å²) in [4.78, 5) is 24.1. The number of hydrogen-bond donors (Lipinski definition) is 2. The Balaban J connectivity index is 1.45. The molecular weight excluding hydrogens is 647 g/mol. The Bertz CT molecular complexity index is 1650. The molecular formula is C27H20BrClF3N5O5. The monoisotopic (exact) mass is 665 g/mol. The van der Waals surface area contributed by atoms with Gasteiger partial charge in [0.15, 0.2) is 11.7 Å². The van der Waals surface area contributed by atoms with Gasteiger partial charge >= 0.3 is 6.18 Å². The van der Waals surface area contributed by atoms with Crippen molar-refractivity contribution in [1.29, 1.82) is 0 Å². The Labute approximate surface area is 249 Å². The number of nitrogens with zero attached hydrogens (tertiary/aromatic N) is 3. The molecule has 0 saturated carbocycles. The Morgan fingerprint density at radius 2 is 1.79 bits per heavy atom. The highest BCUT2D eigenvalue weighted by Crippen LogP contribution is 2.46. The van der Waals surface area contributed by atoms with Crippen LogP contribution in [0, 0.1) is 10.1 Å². The molecule has 5 rings (SSSR count). The molecule has 0 bridgehead atoms. The summed E-state index contributed by atoms with van der Waals surface area (Å²) in [6, 6.07) is 13.9. The van der Waals surface area contributed by atoms with Crippen LogP contribution in [-0.4, -0.2) is 33.9 Å². The van der Waals surface area contributed by atoms with E-state index in [0.717, 1.165) is 16.6 Å². The Kier molecular flexibility index (Phi) is 8.01. The third-order valence-electron chi connectivity index (χ3n) is 6.44. The van der Waals surface area contributed by atoms with Gasteiger partial charge in [-0.25, -0.2) is 4.68 Å². The maximum atomic E-state index is 14.1. The van der Waals surface area contributed by atoms with Crippen LogP contribution in [0.4, 0.5) is 30.4 Å². The summed E-state index contributed by atoms with van der Waals surface area (Å²) in [5.74, 6) is -0.208. The minimum Gasteiger partial charge on any atom is -0.497 e. The number of fused-ring (bicyclic) bond motifs is 1. The van der Waals surface area contributed by atoms with Crippen molar-refractivity contribution in [1.82, 2.24) is 9.78 Å². The molecule has 2 N–H and O–H groups in total. The third-order valence-corrected chi connectivity index (χ3v) is 7.32. The number of aromatic nitrogens is 2. The largest absolute Gasteiger partial charge is 0.497 e. The van der Waals surface area contributed by atoms with Crippen LogP contribution in [0.1, 0.15) is 34.6 Å². The van der Waals surface area contributed by atoms with Crippen molar-refractivity contribution >= 4 is 50.6 Å². The number of alkyl halides is 3. The summed E-state index contributed by atoms with van der Waals surface area (Å²) in [7, 11) is 1.47. The normalized spacial score (nSPS) is 16.2. The molecule has 42 heavy (non-hydrogen) atoms. The van der Waals surface area contributed by atoms with Crippen LogP contribution >= 0.6 is 27.5 Å². The number of nitro benzene ring substituents is 1. The quantitative estimate of drug-likeness (QED) is 0.152. The average Bonchev–Trinajstić information content (AvgIpc) is 3.29. The van der Waals surface area contributed by atoms with Crippen molar-refractivity contribution in [2.45, 2.75) is 24.7 Å². The van der Waals surface area contributed by atoms with Crippen molar-refractivity contribution < 1.29 is 32.4 Å². The Morgan fingerprint density at radius 3 is 2.40 bits per heavy atom. The van der Waals surface area contributed by atoms with Crippen LogP contribution in [0.3, 0.4) is 0 Å². The number of methoxy groups -OCH3 is 1. The number of rotatable bonds is 7. The summed E-state index contributed by atoms with van der Waals surface area (Å²) in [6.07, 6.45) is -5.12. The number of amides is 1. The zero-order chi connectivity index (χ0) is 30.2. The molecule has 1 amide bonds. The lowest BCUT2D eigenvalue weighted by molar-refractivity contribution is -0.384. The lowest BCUT2D eigenvalue weighted by Crippen LogP contribution is -2.35. The predicted molar refractivity (Wildman–Crippen MR) is 152 cm³/mol. The van der Waals surface area contributed by atoms with Crippen molar-refractivity contribution in [2.24, 2.45) is 0 Å². The zero-order valence-electron chi connectivity index (χ0n) is 21.5. The standard InChI is InChI=1S/C27H20BrClF3N5O5/c1-41-18-6-2-14(3-7-18)21-13-22(27(30,31)32)36-25(34-21)23(29)24(35-36)26(38)33-16-10-17(37(39)40)12-20(11-16)42-19-8-4-15(28)5-9-19/h2-12,21-22,34H,13H2,1H3,(H,33,38)/t21-,22+/m1/s1. The van der Waals surface area contributed by atoms with E-state index in [9.17, 15) is 28.1 Å². The van der Waals surface area contributed by atoms with Crippen LogP contribution in [0.2, 0.25) is 5.02 Å². The second-order valence-corrected chi connectivity index (χ2v) is 10.5. The fourth-order valence-corrected chi connectivity index (χ4v) is 4.97. The molecule has 0 fully saturated rings. The molecule has 1 aliphatic rings. The molecule has 4 aromatic rings. The van der Waals surface area contributed by atoms with E-state index in [2.05, 4.69) is 31.7 Å². The molecule has 0 radical (unpaired) electrons. The van der Waals surface area contributed by atoms with Crippen molar-refractivity contribution in [3.05, 3.63) is 97.6 Å². The number of nitrogens with one attached hydrogen (secondary N) is 2. The van der Waals surface area contributed by atoms with E-state index in [1.54, 1.807) is 48.5 Å². The van der Waals surface area contributed by atoms with Gasteiger partial charge in [-0.05, 0) is 42.0 Å². The first-order valence-electron chi connectivity index (χ1n) is 12.2. The van der Waals surface area contributed by atoms with Gasteiger partial charge in [-0.15, -0.1) is 0 Å². The summed E-state index contributed by atoms with van der Waals surface area (Å²) in [5, 5.41) is 20.5. The van der Waals surface area contributed by atoms with Crippen LogP contribution in [0.15, 0.2) is 71.2 Å². The van der Waals surface area contributed by atoms with E-state index in [0.29, 0.717) is 21.7 Å². The maximum absolute atomic E-state index is 14.1. The van der Waals surface area contributed by atoms with E-state index in [4.69, 9.17) is 21.1 Å². The number of non-ortho nitro benzene ring substituents is 1. The lowest BCUT2D eigenvalue weighted by atomic mass is 9.97. The second kappa shape index (κ2) is 11.5. The fraction of sp³-hybridized carbons (Fsp3) is 0.185. The first-order valence-corrected chi connectivity index (χ1v) is 13.4. The Hall–Kier alpha value is -4.30. The van der Waals surface area contributed by atoms with E-state index >= 15 is 0 Å². The van der Waals surface area contributed by atoms with Crippen molar-refractivity contribution in [3.63, 3.8) is 0 Å². The summed E-state index contributed by atoms with van der Waals surface area (Å²) in [6.45, 7) is 0. The summed E-state index contributed by atoms with van der Waals surface area (Å²) in [5.41, 5.74) is -0.392. The smallest absolute Gasteiger partial charge is 0.410 e. The molecule has 1 aromatic heterocycles. The van der Waals surface area contributed by atoms with Gasteiger partial charge in [0.25, 0.3) is 11.6 Å². The number of benzene rings is 3. The number of carbonyl (C=O) groups excluding carboxylic acids is 1. The molecule has 0 spiro atoms. The number of carbonyl (C=O) groups is 1. The van der Waals surface area contributed by atoms with Crippen molar-refractivity contribution in [2.75, 3.05) is 17.7 Å². The van der Waals surface area contributed by atoms with Crippen LogP contribution in [-0.2, 0) is 0 Å². The van der Waals surface area contributed by atoms with Crippen LogP contribution < -0.4 is 20.1 Å². The molecule has 3 aromatic carbocycles. The van der Waals surface area contributed by atoms with E-state index in [-0.39, 0.29) is 22.3 Å². The number of hydrogen-bond acceptors (Lipinski definition) is 7. The molecule has 2 atom stereocenters. The molecule has 218 valence electrons. The van der Waals surface area contributed by atoms with Gasteiger partial charge < -0.3 is 20.1 Å². The maximum Gasteiger partial charge on any atom is 0.410 e. The highest BCUT2D eigenvalue weighted by atomic mass is 79.9. The lowest BCUT2D eigenvalue weighted by Gasteiger charge is -2.33. The minimum absolute atomic E-state index is 0.0400. The first kappa shape index (κ1) is 29.2. The van der Waals surface area contributed by atoms with Gasteiger partial charge in [0.05, 0.1) is 29.8 Å². The highest BCUT2D eigenvalue weighted by Gasteiger charge is 2.48. The summed E-state index contributed by atoms with van der Waals surface area (Å²) >= 11 is 9.72. The van der Waals surface area contributed by atoms with Gasteiger partial charge in [0.2, 0.25) is 0 Å². The number of nitro groups is 1. The van der Waals surface area contributed by atoms with Crippen LogP contribution in [0.25, 0.3) is 0 Å². The molecule has 0 saturated heterocycles. The molecule has 1 aliphatic heterocycles. The predicted octanol–water partition coefficient (Wildman–Crippen LogP) is 7.92. The molecule has 0 aliphatic carbocycles. The van der Waals surface area contributed by atoms with Gasteiger partial charge in [0, 0.05) is 23.0 Å². The van der Waals surface area contributed by atoms with Crippen molar-refractivity contribution in [3.8, 4) is 17.2 Å². The molecule has 2 heterocycles. The van der Waals surface area contributed by atoms with Gasteiger partial charge in [0.1, 0.15) is 28.1 Å². The minimum atomic E-state index is -4.70. The molecule has 10 nitrogen and oxygen atoms in total. The zero-order valence-corrected chi connectivity index (χ0v) is 23.8. The first-order chi connectivity index (χ1) is 19.9.